The van der Waals surface area contributed by atoms with Gasteiger partial charge in [0, 0.05) is 59.3 Å². The molecule has 3 rings (SSSR count). The summed E-state index contributed by atoms with van der Waals surface area (Å²) >= 11 is 0. The molecule has 0 bridgehead atoms. The van der Waals surface area contributed by atoms with Crippen LogP contribution in [0.15, 0.2) is 0 Å². The predicted molar refractivity (Wildman–Crippen MR) is 92.7 cm³/mol. The van der Waals surface area contributed by atoms with Crippen molar-refractivity contribution in [2.24, 2.45) is 5.92 Å². The molecule has 1 atom stereocenters. The number of hydrogen-bond acceptors (Lipinski definition) is 4. The van der Waals surface area contributed by atoms with E-state index >= 15 is 0 Å². The van der Waals surface area contributed by atoms with Crippen LogP contribution in [-0.4, -0.2) is 92.1 Å². The van der Waals surface area contributed by atoms with Crippen LogP contribution >= 0.6 is 0 Å². The third kappa shape index (κ3) is 4.09. The van der Waals surface area contributed by atoms with Gasteiger partial charge in [0.1, 0.15) is 0 Å². The van der Waals surface area contributed by atoms with Gasteiger partial charge in [-0.1, -0.05) is 0 Å². The van der Waals surface area contributed by atoms with Crippen molar-refractivity contribution in [1.82, 2.24) is 18.4 Å². The number of carbonyl (C=O) groups is 1. The largest absolute Gasteiger partial charge is 0.345 e. The first-order valence-electron chi connectivity index (χ1n) is 9.18. The lowest BCUT2D eigenvalue weighted by atomic mass is 9.97. The molecule has 0 N–H and O–H groups in total. The van der Waals surface area contributed by atoms with Gasteiger partial charge in [-0.15, -0.1) is 0 Å². The zero-order chi connectivity index (χ0) is 17.2. The minimum absolute atomic E-state index is 0.241. The van der Waals surface area contributed by atoms with E-state index in [0.29, 0.717) is 38.5 Å². The van der Waals surface area contributed by atoms with Gasteiger partial charge in [-0.25, -0.2) is 0 Å². The van der Waals surface area contributed by atoms with Crippen LogP contribution in [0.1, 0.15) is 32.1 Å². The van der Waals surface area contributed by atoms with Crippen LogP contribution in [0.5, 0.6) is 0 Å². The van der Waals surface area contributed by atoms with Crippen LogP contribution < -0.4 is 0 Å². The van der Waals surface area contributed by atoms with Crippen LogP contribution in [-0.2, 0) is 15.0 Å². The maximum Gasteiger partial charge on any atom is 0.282 e. The van der Waals surface area contributed by atoms with Crippen molar-refractivity contribution in [3.05, 3.63) is 0 Å². The van der Waals surface area contributed by atoms with Crippen LogP contribution in [0.2, 0.25) is 0 Å². The second-order valence-corrected chi connectivity index (χ2v) is 9.27. The molecule has 3 fully saturated rings. The number of hydrogen-bond donors (Lipinski definition) is 0. The monoisotopic (exact) mass is 358 g/mol. The Kier molecular flexibility index (Phi) is 5.79. The SMILES string of the molecule is CN1CC(CN2CCCN(S(=O)(=O)N3CCCC3)CC2)CCC1=O. The zero-order valence-corrected chi connectivity index (χ0v) is 15.5. The van der Waals surface area contributed by atoms with E-state index in [1.54, 1.807) is 8.61 Å². The Labute approximate surface area is 145 Å². The highest BCUT2D eigenvalue weighted by atomic mass is 32.2. The molecule has 3 heterocycles. The fourth-order valence-electron chi connectivity index (χ4n) is 4.06. The molecule has 0 aromatic carbocycles. The maximum absolute atomic E-state index is 12.7. The lowest BCUT2D eigenvalue weighted by molar-refractivity contribution is -0.133. The number of carbonyl (C=O) groups excluding carboxylic acids is 1. The summed E-state index contributed by atoms with van der Waals surface area (Å²) in [5, 5.41) is 0. The Bertz CT molecular complexity index is 548. The Hall–Kier alpha value is -0.700. The number of rotatable bonds is 4. The molecule has 0 aromatic rings. The van der Waals surface area contributed by atoms with E-state index < -0.39 is 10.2 Å². The highest BCUT2D eigenvalue weighted by molar-refractivity contribution is 7.86. The first-order valence-corrected chi connectivity index (χ1v) is 10.6. The molecule has 0 spiro atoms. The summed E-state index contributed by atoms with van der Waals surface area (Å²) in [6.45, 7) is 6.08. The molecule has 7 nitrogen and oxygen atoms in total. The highest BCUT2D eigenvalue weighted by Crippen LogP contribution is 2.21. The lowest BCUT2D eigenvalue weighted by Gasteiger charge is -2.33. The number of likely N-dealkylation sites (tertiary alicyclic amines) is 1. The average molecular weight is 359 g/mol. The molecule has 3 saturated heterocycles. The lowest BCUT2D eigenvalue weighted by Crippen LogP contribution is -2.45. The van der Waals surface area contributed by atoms with Crippen LogP contribution in [0.4, 0.5) is 0 Å². The molecule has 1 unspecified atom stereocenters. The summed E-state index contributed by atoms with van der Waals surface area (Å²) in [4.78, 5) is 15.8. The van der Waals surface area contributed by atoms with Crippen LogP contribution in [0.25, 0.3) is 0 Å². The summed E-state index contributed by atoms with van der Waals surface area (Å²) in [6, 6.07) is 0. The first-order chi connectivity index (χ1) is 11.5. The molecule has 0 radical (unpaired) electrons. The van der Waals surface area contributed by atoms with Gasteiger partial charge in [0.05, 0.1) is 0 Å². The molecule has 138 valence electrons. The van der Waals surface area contributed by atoms with Crippen molar-refractivity contribution < 1.29 is 13.2 Å². The molecule has 24 heavy (non-hydrogen) atoms. The molecule has 0 saturated carbocycles. The van der Waals surface area contributed by atoms with E-state index in [1.807, 2.05) is 11.9 Å². The molecule has 0 aromatic heterocycles. The fourth-order valence-corrected chi connectivity index (χ4v) is 5.77. The normalized spacial score (nSPS) is 29.1. The van der Waals surface area contributed by atoms with E-state index in [9.17, 15) is 13.2 Å². The molecule has 0 aliphatic carbocycles. The van der Waals surface area contributed by atoms with E-state index in [-0.39, 0.29) is 5.91 Å². The quantitative estimate of drug-likeness (QED) is 0.720. The summed E-state index contributed by atoms with van der Waals surface area (Å²) in [5.41, 5.74) is 0. The predicted octanol–water partition coefficient (Wildman–Crippen LogP) is 0.203. The Morgan fingerprint density at radius 1 is 0.958 bits per heavy atom. The Morgan fingerprint density at radius 2 is 1.62 bits per heavy atom. The summed E-state index contributed by atoms with van der Waals surface area (Å²) in [6.07, 6.45) is 4.44. The zero-order valence-electron chi connectivity index (χ0n) is 14.7. The molecular weight excluding hydrogens is 328 g/mol. The highest BCUT2D eigenvalue weighted by Gasteiger charge is 2.33. The van der Waals surface area contributed by atoms with Crippen molar-refractivity contribution >= 4 is 16.1 Å². The van der Waals surface area contributed by atoms with Crippen molar-refractivity contribution in [3.8, 4) is 0 Å². The van der Waals surface area contributed by atoms with Gasteiger partial charge in [0.15, 0.2) is 0 Å². The second-order valence-electron chi connectivity index (χ2n) is 7.35. The Balaban J connectivity index is 1.52. The van der Waals surface area contributed by atoms with Gasteiger partial charge in [-0.05, 0) is 38.1 Å². The van der Waals surface area contributed by atoms with Crippen LogP contribution in [0.3, 0.4) is 0 Å². The number of nitrogens with zero attached hydrogens (tertiary/aromatic N) is 4. The second kappa shape index (κ2) is 7.68. The van der Waals surface area contributed by atoms with Crippen molar-refractivity contribution in [3.63, 3.8) is 0 Å². The molecular formula is C16H30N4O3S. The number of piperidine rings is 1. The summed E-state index contributed by atoms with van der Waals surface area (Å²) in [7, 11) is -1.39. The van der Waals surface area contributed by atoms with Gasteiger partial charge in [-0.2, -0.15) is 17.0 Å². The third-order valence-corrected chi connectivity index (χ3v) is 7.54. The van der Waals surface area contributed by atoms with Gasteiger partial charge in [0.2, 0.25) is 5.91 Å². The third-order valence-electron chi connectivity index (χ3n) is 5.51. The van der Waals surface area contributed by atoms with Gasteiger partial charge < -0.3 is 9.80 Å². The summed E-state index contributed by atoms with van der Waals surface area (Å²) < 4.78 is 28.7. The topological polar surface area (TPSA) is 64.2 Å². The molecule has 3 aliphatic rings. The van der Waals surface area contributed by atoms with Crippen molar-refractivity contribution in [2.75, 3.05) is 59.4 Å². The minimum Gasteiger partial charge on any atom is -0.345 e. The van der Waals surface area contributed by atoms with E-state index in [1.165, 1.54) is 0 Å². The first kappa shape index (κ1) is 18.1. The fraction of sp³-hybridized carbons (Fsp3) is 0.938. The minimum atomic E-state index is -3.27. The smallest absolute Gasteiger partial charge is 0.282 e. The number of amides is 1. The molecule has 1 amide bonds. The molecule has 3 aliphatic heterocycles. The van der Waals surface area contributed by atoms with Gasteiger partial charge in [0.25, 0.3) is 10.2 Å². The van der Waals surface area contributed by atoms with Crippen molar-refractivity contribution in [2.45, 2.75) is 32.1 Å². The van der Waals surface area contributed by atoms with Gasteiger partial charge >= 0.3 is 0 Å². The summed E-state index contributed by atoms with van der Waals surface area (Å²) in [5.74, 6) is 0.749. The van der Waals surface area contributed by atoms with Crippen LogP contribution in [0, 0.1) is 5.92 Å². The Morgan fingerprint density at radius 3 is 2.33 bits per heavy atom. The van der Waals surface area contributed by atoms with Gasteiger partial charge in [-0.3, -0.25) is 4.79 Å². The average Bonchev–Trinajstić information content (AvgIpc) is 2.99. The van der Waals surface area contributed by atoms with Crippen molar-refractivity contribution in [1.29, 1.82) is 0 Å². The standard InChI is InChI=1S/C16H30N4O3S/c1-17-13-15(5-6-16(17)21)14-18-7-4-10-20(12-11-18)24(22,23)19-8-2-3-9-19/h15H,2-14H2,1H3. The maximum atomic E-state index is 12.7. The van der Waals surface area contributed by atoms with E-state index in [2.05, 4.69) is 4.90 Å². The van der Waals surface area contributed by atoms with E-state index in [4.69, 9.17) is 0 Å². The van der Waals surface area contributed by atoms with E-state index in [0.717, 1.165) is 51.9 Å². The molecule has 8 heteroatoms.